The number of para-hydroxylation sites is 1. The number of fused-ring (bicyclic) bond motifs is 1. The van der Waals surface area contributed by atoms with Crippen LogP contribution in [0.4, 0.5) is 11.8 Å². The van der Waals surface area contributed by atoms with E-state index in [1.165, 1.54) is 9.13 Å². The summed E-state index contributed by atoms with van der Waals surface area (Å²) in [6.45, 7) is 0.673. The van der Waals surface area contributed by atoms with Gasteiger partial charge in [0, 0.05) is 41.9 Å². The molecule has 10 heteroatoms. The molecule has 0 unspecified atom stereocenters. The van der Waals surface area contributed by atoms with Gasteiger partial charge < -0.3 is 20.8 Å². The molecule has 10 nitrogen and oxygen atoms in total. The topological polar surface area (TPSA) is 133 Å². The second-order valence-corrected chi connectivity index (χ2v) is 8.60. The molecule has 5 rings (SSSR count). The molecule has 0 bridgehead atoms. The normalized spacial score (nSPS) is 11.1. The van der Waals surface area contributed by atoms with Crippen molar-refractivity contribution in [1.82, 2.24) is 24.1 Å². The largest absolute Gasteiger partial charge is 0.497 e. The van der Waals surface area contributed by atoms with Crippen LogP contribution in [0.2, 0.25) is 0 Å². The Morgan fingerprint density at radius 2 is 1.81 bits per heavy atom. The number of nitrogen functional groups attached to an aromatic ring is 1. The molecule has 3 heterocycles. The van der Waals surface area contributed by atoms with Crippen molar-refractivity contribution in [3.63, 3.8) is 0 Å². The van der Waals surface area contributed by atoms with E-state index in [4.69, 9.17) is 10.5 Å². The van der Waals surface area contributed by atoms with Gasteiger partial charge in [0.1, 0.15) is 11.6 Å². The van der Waals surface area contributed by atoms with Crippen molar-refractivity contribution in [3.8, 4) is 5.75 Å². The fourth-order valence-electron chi connectivity index (χ4n) is 4.26. The van der Waals surface area contributed by atoms with Crippen molar-refractivity contribution < 1.29 is 4.74 Å². The molecule has 0 fully saturated rings. The lowest BCUT2D eigenvalue weighted by atomic mass is 10.1. The van der Waals surface area contributed by atoms with Crippen molar-refractivity contribution in [2.75, 3.05) is 18.2 Å². The Bertz CT molecular complexity index is 1650. The molecular formula is C27H27N7O3. The van der Waals surface area contributed by atoms with E-state index in [9.17, 15) is 9.59 Å². The average molecular weight is 498 g/mol. The number of anilines is 2. The van der Waals surface area contributed by atoms with Crippen LogP contribution in [0.1, 0.15) is 16.7 Å². The number of methoxy groups -OCH3 is 1. The third kappa shape index (κ3) is 5.08. The predicted molar refractivity (Wildman–Crippen MR) is 143 cm³/mol. The fourth-order valence-corrected chi connectivity index (χ4v) is 4.26. The third-order valence-electron chi connectivity index (χ3n) is 6.29. The van der Waals surface area contributed by atoms with Crippen molar-refractivity contribution >= 4 is 22.7 Å². The summed E-state index contributed by atoms with van der Waals surface area (Å²) >= 11 is 0. The van der Waals surface area contributed by atoms with Crippen LogP contribution < -0.4 is 27.2 Å². The van der Waals surface area contributed by atoms with Gasteiger partial charge in [0.15, 0.2) is 0 Å². The van der Waals surface area contributed by atoms with Crippen LogP contribution in [0, 0.1) is 0 Å². The van der Waals surface area contributed by atoms with E-state index in [1.807, 2.05) is 60.8 Å². The zero-order valence-electron chi connectivity index (χ0n) is 20.3. The first-order chi connectivity index (χ1) is 18.0. The van der Waals surface area contributed by atoms with E-state index in [1.54, 1.807) is 19.4 Å². The fraction of sp³-hybridized carbons (Fsp3) is 0.185. The monoisotopic (exact) mass is 497 g/mol. The number of hydrogen-bond donors (Lipinski definition) is 3. The quantitative estimate of drug-likeness (QED) is 0.285. The number of benzene rings is 2. The Labute approximate surface area is 212 Å². The Hall–Kier alpha value is -4.86. The van der Waals surface area contributed by atoms with Gasteiger partial charge in [-0.15, -0.1) is 0 Å². The molecule has 4 N–H and O–H groups in total. The molecular weight excluding hydrogens is 470 g/mol. The number of nitrogens with two attached hydrogens (primary N) is 1. The lowest BCUT2D eigenvalue weighted by Crippen LogP contribution is -2.43. The number of pyridine rings is 1. The van der Waals surface area contributed by atoms with Crippen LogP contribution in [-0.4, -0.2) is 31.2 Å². The SMILES string of the molecule is COc1ccc(Cn2c(NCc3cccnc3N)nc(=O)n(CCc3c[nH]c4ccccc34)c2=O)cc1. The highest BCUT2D eigenvalue weighted by Gasteiger charge is 2.15. The summed E-state index contributed by atoms with van der Waals surface area (Å²) in [5, 5.41) is 4.17. The van der Waals surface area contributed by atoms with Gasteiger partial charge in [0.25, 0.3) is 0 Å². The maximum absolute atomic E-state index is 13.6. The zero-order chi connectivity index (χ0) is 25.8. The van der Waals surface area contributed by atoms with Gasteiger partial charge in [-0.1, -0.05) is 36.4 Å². The summed E-state index contributed by atoms with van der Waals surface area (Å²) in [7, 11) is 1.60. The van der Waals surface area contributed by atoms with Crippen LogP contribution in [0.5, 0.6) is 5.75 Å². The molecule has 3 aromatic heterocycles. The molecule has 0 amide bonds. The number of H-pyrrole nitrogens is 1. The third-order valence-corrected chi connectivity index (χ3v) is 6.29. The highest BCUT2D eigenvalue weighted by Crippen LogP contribution is 2.18. The summed E-state index contributed by atoms with van der Waals surface area (Å²) < 4.78 is 7.88. The standard InChI is InChI=1S/C27H27N7O3/c1-37-21-10-8-18(9-11-21)17-34-25(31-16-20-5-4-13-29-24(20)28)32-26(35)33(27(34)36)14-12-19-15-30-23-7-3-2-6-22(19)23/h2-11,13,15,30H,12,14,16-17H2,1H3,(H2,28,29)(H,31,32,35). The minimum Gasteiger partial charge on any atom is -0.497 e. The highest BCUT2D eigenvalue weighted by molar-refractivity contribution is 5.83. The first-order valence-corrected chi connectivity index (χ1v) is 11.9. The summed E-state index contributed by atoms with van der Waals surface area (Å²) in [6.07, 6.45) is 4.02. The summed E-state index contributed by atoms with van der Waals surface area (Å²) in [4.78, 5) is 38.2. The van der Waals surface area contributed by atoms with Crippen LogP contribution >= 0.6 is 0 Å². The number of hydrogen-bond acceptors (Lipinski definition) is 7. The Kier molecular flexibility index (Phi) is 6.71. The molecule has 37 heavy (non-hydrogen) atoms. The lowest BCUT2D eigenvalue weighted by molar-refractivity contribution is 0.414. The zero-order valence-corrected chi connectivity index (χ0v) is 20.3. The number of ether oxygens (including phenoxy) is 1. The van der Waals surface area contributed by atoms with Crippen molar-refractivity contribution in [2.45, 2.75) is 26.1 Å². The maximum atomic E-state index is 13.6. The van der Waals surface area contributed by atoms with E-state index in [2.05, 4.69) is 20.3 Å². The highest BCUT2D eigenvalue weighted by atomic mass is 16.5. The van der Waals surface area contributed by atoms with E-state index in [0.29, 0.717) is 18.0 Å². The maximum Gasteiger partial charge on any atom is 0.354 e. The van der Waals surface area contributed by atoms with Crippen molar-refractivity contribution in [3.05, 3.63) is 111 Å². The molecule has 0 saturated carbocycles. The summed E-state index contributed by atoms with van der Waals surface area (Å²) in [5.74, 6) is 1.24. The summed E-state index contributed by atoms with van der Waals surface area (Å²) in [6, 6.07) is 18.9. The number of aromatic amines is 1. The molecule has 188 valence electrons. The molecule has 0 aliphatic carbocycles. The van der Waals surface area contributed by atoms with Gasteiger partial charge >= 0.3 is 11.4 Å². The molecule has 0 radical (unpaired) electrons. The van der Waals surface area contributed by atoms with Gasteiger partial charge in [-0.2, -0.15) is 4.98 Å². The van der Waals surface area contributed by atoms with Gasteiger partial charge in [0.2, 0.25) is 5.95 Å². The first kappa shape index (κ1) is 23.9. The van der Waals surface area contributed by atoms with E-state index >= 15 is 0 Å². The molecule has 0 saturated heterocycles. The van der Waals surface area contributed by atoms with Crippen LogP contribution in [0.25, 0.3) is 10.9 Å². The molecule has 2 aromatic carbocycles. The van der Waals surface area contributed by atoms with Gasteiger partial charge in [0.05, 0.1) is 13.7 Å². The van der Waals surface area contributed by atoms with Crippen molar-refractivity contribution in [2.24, 2.45) is 0 Å². The first-order valence-electron chi connectivity index (χ1n) is 11.9. The van der Waals surface area contributed by atoms with Gasteiger partial charge in [-0.05, 0) is 41.8 Å². The number of aromatic nitrogens is 5. The Morgan fingerprint density at radius 3 is 2.59 bits per heavy atom. The second-order valence-electron chi connectivity index (χ2n) is 8.60. The second kappa shape index (κ2) is 10.4. The smallest absolute Gasteiger partial charge is 0.354 e. The van der Waals surface area contributed by atoms with Crippen LogP contribution in [0.15, 0.2) is 82.6 Å². The van der Waals surface area contributed by atoms with Gasteiger partial charge in [-0.25, -0.2) is 19.1 Å². The average Bonchev–Trinajstić information content (AvgIpc) is 3.33. The molecule has 5 aromatic rings. The van der Waals surface area contributed by atoms with Crippen molar-refractivity contribution in [1.29, 1.82) is 0 Å². The van der Waals surface area contributed by atoms with E-state index in [0.717, 1.165) is 27.6 Å². The minimum atomic E-state index is -0.613. The Morgan fingerprint density at radius 1 is 1.00 bits per heavy atom. The number of aryl methyl sites for hydroxylation is 1. The summed E-state index contributed by atoms with van der Waals surface area (Å²) in [5.41, 5.74) is 8.53. The van der Waals surface area contributed by atoms with E-state index < -0.39 is 11.4 Å². The molecule has 0 spiro atoms. The molecule has 0 aliphatic rings. The number of nitrogens with zero attached hydrogens (tertiary/aromatic N) is 4. The predicted octanol–water partition coefficient (Wildman–Crippen LogP) is 2.78. The van der Waals surface area contributed by atoms with Gasteiger partial charge in [-0.3, -0.25) is 4.57 Å². The van der Waals surface area contributed by atoms with Crippen LogP contribution in [0.3, 0.4) is 0 Å². The molecule has 0 aliphatic heterocycles. The molecule has 0 atom stereocenters. The van der Waals surface area contributed by atoms with Crippen LogP contribution in [-0.2, 0) is 26.1 Å². The minimum absolute atomic E-state index is 0.164. The number of nitrogens with one attached hydrogen (secondary N) is 2. The Balaban J connectivity index is 1.48. The lowest BCUT2D eigenvalue weighted by Gasteiger charge is -2.16. The van der Waals surface area contributed by atoms with E-state index in [-0.39, 0.29) is 25.6 Å². The number of rotatable bonds is 9.